The van der Waals surface area contributed by atoms with Gasteiger partial charge in [-0.2, -0.15) is 0 Å². The van der Waals surface area contributed by atoms with Gasteiger partial charge in [-0.05, 0) is 31.4 Å². The minimum atomic E-state index is 0.545. The van der Waals surface area contributed by atoms with Crippen molar-refractivity contribution in [2.45, 2.75) is 38.9 Å². The molecule has 0 radical (unpaired) electrons. The number of ether oxygens (including phenoxy) is 1. The summed E-state index contributed by atoms with van der Waals surface area (Å²) in [6.45, 7) is 5.97. The number of aryl methyl sites for hydroxylation is 1. The molecule has 1 aromatic rings. The number of nitrogens with one attached hydrogen (secondary N) is 1. The van der Waals surface area contributed by atoms with E-state index in [2.05, 4.69) is 35.3 Å². The first-order chi connectivity index (χ1) is 7.38. The lowest BCUT2D eigenvalue weighted by molar-refractivity contribution is 0.0699. The van der Waals surface area contributed by atoms with Crippen LogP contribution in [0.3, 0.4) is 0 Å². The van der Waals surface area contributed by atoms with Crippen LogP contribution in [0.25, 0.3) is 0 Å². The fraction of sp³-hybridized carbons (Fsp3) is 0.667. The van der Waals surface area contributed by atoms with Gasteiger partial charge in [0.1, 0.15) is 0 Å². The van der Waals surface area contributed by atoms with Crippen molar-refractivity contribution < 1.29 is 4.74 Å². The highest BCUT2D eigenvalue weighted by Crippen LogP contribution is 2.07. The van der Waals surface area contributed by atoms with E-state index < -0.39 is 0 Å². The molecule has 3 heteroatoms. The molecule has 2 heterocycles. The SMILES string of the molecule is CCn1ccc(CNC2CCCOC2)c1. The van der Waals surface area contributed by atoms with Crippen molar-refractivity contribution in [3.63, 3.8) is 0 Å². The summed E-state index contributed by atoms with van der Waals surface area (Å²) in [6.07, 6.45) is 6.77. The van der Waals surface area contributed by atoms with Crippen molar-refractivity contribution in [3.8, 4) is 0 Å². The van der Waals surface area contributed by atoms with E-state index in [1.165, 1.54) is 18.4 Å². The highest BCUT2D eigenvalue weighted by atomic mass is 16.5. The Balaban J connectivity index is 1.76. The van der Waals surface area contributed by atoms with Gasteiger partial charge in [0, 0.05) is 38.1 Å². The lowest BCUT2D eigenvalue weighted by atomic mass is 10.1. The third-order valence-corrected chi connectivity index (χ3v) is 2.93. The molecule has 1 aromatic heterocycles. The molecule has 0 spiro atoms. The van der Waals surface area contributed by atoms with Crippen LogP contribution in [-0.2, 0) is 17.8 Å². The molecule has 0 bridgehead atoms. The third-order valence-electron chi connectivity index (χ3n) is 2.93. The fourth-order valence-electron chi connectivity index (χ4n) is 1.96. The van der Waals surface area contributed by atoms with E-state index in [1.807, 2.05) is 0 Å². The van der Waals surface area contributed by atoms with E-state index >= 15 is 0 Å². The molecular formula is C12H20N2O. The van der Waals surface area contributed by atoms with Crippen LogP contribution >= 0.6 is 0 Å². The summed E-state index contributed by atoms with van der Waals surface area (Å²) in [7, 11) is 0. The molecular weight excluding hydrogens is 188 g/mol. The summed E-state index contributed by atoms with van der Waals surface area (Å²) in [5.41, 5.74) is 1.36. The lowest BCUT2D eigenvalue weighted by Gasteiger charge is -2.22. The molecule has 1 N–H and O–H groups in total. The number of aromatic nitrogens is 1. The standard InChI is InChI=1S/C12H20N2O/c1-2-14-6-5-11(9-14)8-13-12-4-3-7-15-10-12/h5-6,9,12-13H,2-4,7-8,10H2,1H3. The molecule has 1 atom stereocenters. The van der Waals surface area contributed by atoms with E-state index in [0.717, 1.165) is 26.3 Å². The maximum atomic E-state index is 5.43. The first kappa shape index (κ1) is 10.7. The molecule has 0 amide bonds. The minimum Gasteiger partial charge on any atom is -0.380 e. The molecule has 3 nitrogen and oxygen atoms in total. The second-order valence-electron chi connectivity index (χ2n) is 4.15. The number of hydrogen-bond acceptors (Lipinski definition) is 2. The lowest BCUT2D eigenvalue weighted by Crippen LogP contribution is -2.36. The molecule has 84 valence electrons. The zero-order valence-electron chi connectivity index (χ0n) is 9.41. The van der Waals surface area contributed by atoms with Gasteiger partial charge in [0.15, 0.2) is 0 Å². The predicted molar refractivity (Wildman–Crippen MR) is 60.8 cm³/mol. The Morgan fingerprint density at radius 3 is 3.20 bits per heavy atom. The molecule has 0 saturated carbocycles. The molecule has 2 rings (SSSR count). The molecule has 15 heavy (non-hydrogen) atoms. The van der Waals surface area contributed by atoms with Crippen molar-refractivity contribution in [2.24, 2.45) is 0 Å². The number of rotatable bonds is 4. The second-order valence-corrected chi connectivity index (χ2v) is 4.15. The van der Waals surface area contributed by atoms with Gasteiger partial charge in [-0.25, -0.2) is 0 Å². The highest BCUT2D eigenvalue weighted by molar-refractivity contribution is 5.10. The van der Waals surface area contributed by atoms with Crippen LogP contribution in [0.1, 0.15) is 25.3 Å². The third kappa shape index (κ3) is 3.08. The Kier molecular flexibility index (Phi) is 3.80. The van der Waals surface area contributed by atoms with Crippen LogP contribution in [0.4, 0.5) is 0 Å². The maximum Gasteiger partial charge on any atom is 0.0619 e. The summed E-state index contributed by atoms with van der Waals surface area (Å²) in [4.78, 5) is 0. The smallest absolute Gasteiger partial charge is 0.0619 e. The predicted octanol–water partition coefficient (Wildman–Crippen LogP) is 1.78. The Morgan fingerprint density at radius 2 is 2.53 bits per heavy atom. The molecule has 1 unspecified atom stereocenters. The van der Waals surface area contributed by atoms with Gasteiger partial charge in [-0.15, -0.1) is 0 Å². The van der Waals surface area contributed by atoms with Crippen LogP contribution in [0.5, 0.6) is 0 Å². The summed E-state index contributed by atoms with van der Waals surface area (Å²) in [5, 5.41) is 3.54. The molecule has 1 aliphatic rings. The van der Waals surface area contributed by atoms with Crippen LogP contribution in [0, 0.1) is 0 Å². The minimum absolute atomic E-state index is 0.545. The van der Waals surface area contributed by atoms with Gasteiger partial charge < -0.3 is 14.6 Å². The first-order valence-corrected chi connectivity index (χ1v) is 5.84. The van der Waals surface area contributed by atoms with Crippen LogP contribution in [0.15, 0.2) is 18.5 Å². The summed E-state index contributed by atoms with van der Waals surface area (Å²) >= 11 is 0. The van der Waals surface area contributed by atoms with Gasteiger partial charge in [0.25, 0.3) is 0 Å². The van der Waals surface area contributed by atoms with E-state index in [1.54, 1.807) is 0 Å². The van der Waals surface area contributed by atoms with E-state index in [9.17, 15) is 0 Å². The zero-order valence-corrected chi connectivity index (χ0v) is 9.41. The van der Waals surface area contributed by atoms with Gasteiger partial charge in [-0.1, -0.05) is 0 Å². The second kappa shape index (κ2) is 5.33. The topological polar surface area (TPSA) is 26.2 Å². The molecule has 0 aromatic carbocycles. The molecule has 0 aliphatic carbocycles. The van der Waals surface area contributed by atoms with Gasteiger partial charge in [0.2, 0.25) is 0 Å². The maximum absolute atomic E-state index is 5.43. The number of hydrogen-bond donors (Lipinski definition) is 1. The quantitative estimate of drug-likeness (QED) is 0.816. The highest BCUT2D eigenvalue weighted by Gasteiger charge is 2.12. The van der Waals surface area contributed by atoms with Crippen molar-refractivity contribution >= 4 is 0 Å². The van der Waals surface area contributed by atoms with Gasteiger partial charge in [-0.3, -0.25) is 0 Å². The molecule has 1 fully saturated rings. The van der Waals surface area contributed by atoms with Crippen LogP contribution in [-0.4, -0.2) is 23.8 Å². The monoisotopic (exact) mass is 208 g/mol. The average molecular weight is 208 g/mol. The largest absolute Gasteiger partial charge is 0.380 e. The first-order valence-electron chi connectivity index (χ1n) is 5.84. The number of nitrogens with zero attached hydrogens (tertiary/aromatic N) is 1. The van der Waals surface area contributed by atoms with E-state index in [0.29, 0.717) is 6.04 Å². The zero-order chi connectivity index (χ0) is 10.5. The van der Waals surface area contributed by atoms with Gasteiger partial charge >= 0.3 is 0 Å². The average Bonchev–Trinajstić information content (AvgIpc) is 2.76. The van der Waals surface area contributed by atoms with Crippen molar-refractivity contribution in [1.82, 2.24) is 9.88 Å². The van der Waals surface area contributed by atoms with Crippen LogP contribution < -0.4 is 5.32 Å². The normalized spacial score (nSPS) is 21.8. The fourth-order valence-corrected chi connectivity index (χ4v) is 1.96. The van der Waals surface area contributed by atoms with Crippen molar-refractivity contribution in [1.29, 1.82) is 0 Å². The summed E-state index contributed by atoms with van der Waals surface area (Å²) in [5.74, 6) is 0. The van der Waals surface area contributed by atoms with E-state index in [4.69, 9.17) is 4.74 Å². The van der Waals surface area contributed by atoms with Gasteiger partial charge in [0.05, 0.1) is 6.61 Å². The van der Waals surface area contributed by atoms with E-state index in [-0.39, 0.29) is 0 Å². The van der Waals surface area contributed by atoms with Crippen LogP contribution in [0.2, 0.25) is 0 Å². The molecule has 1 aliphatic heterocycles. The molecule has 1 saturated heterocycles. The Labute approximate surface area is 91.4 Å². The Hall–Kier alpha value is -0.800. The summed E-state index contributed by atoms with van der Waals surface area (Å²) < 4.78 is 7.63. The summed E-state index contributed by atoms with van der Waals surface area (Å²) in [6, 6.07) is 2.73. The van der Waals surface area contributed by atoms with Crippen molar-refractivity contribution in [2.75, 3.05) is 13.2 Å². The Morgan fingerprint density at radius 1 is 1.60 bits per heavy atom. The van der Waals surface area contributed by atoms with Crippen molar-refractivity contribution in [3.05, 3.63) is 24.0 Å². The Bertz CT molecular complexity index is 290.